The number of anilines is 2. The van der Waals surface area contributed by atoms with Gasteiger partial charge in [0.1, 0.15) is 17.5 Å². The zero-order valence-corrected chi connectivity index (χ0v) is 10.2. The van der Waals surface area contributed by atoms with E-state index in [2.05, 4.69) is 20.3 Å². The SMILES string of the molecule is CNc1cc(C(=O)Nc2cnoc2)c([N+](=O)[O-])cc1F. The van der Waals surface area contributed by atoms with E-state index in [9.17, 15) is 19.3 Å². The number of nitrogens with one attached hydrogen (secondary N) is 2. The summed E-state index contributed by atoms with van der Waals surface area (Å²) in [6.07, 6.45) is 2.39. The van der Waals surface area contributed by atoms with Crippen molar-refractivity contribution in [1.82, 2.24) is 5.16 Å². The van der Waals surface area contributed by atoms with Crippen LogP contribution in [0.1, 0.15) is 10.4 Å². The monoisotopic (exact) mass is 280 g/mol. The van der Waals surface area contributed by atoms with Gasteiger partial charge in [0.2, 0.25) is 0 Å². The van der Waals surface area contributed by atoms with Crippen LogP contribution < -0.4 is 10.6 Å². The Morgan fingerprint density at radius 2 is 2.25 bits per heavy atom. The van der Waals surface area contributed by atoms with Crippen molar-refractivity contribution in [1.29, 1.82) is 0 Å². The van der Waals surface area contributed by atoms with Crippen molar-refractivity contribution in [2.75, 3.05) is 17.7 Å². The summed E-state index contributed by atoms with van der Waals surface area (Å²) < 4.78 is 18.0. The molecule has 8 nitrogen and oxygen atoms in total. The number of nitrogens with zero attached hydrogens (tertiary/aromatic N) is 2. The van der Waals surface area contributed by atoms with Gasteiger partial charge in [0.25, 0.3) is 11.6 Å². The number of hydrogen-bond acceptors (Lipinski definition) is 6. The van der Waals surface area contributed by atoms with Crippen LogP contribution in [0.2, 0.25) is 0 Å². The molecule has 2 aromatic rings. The van der Waals surface area contributed by atoms with Gasteiger partial charge < -0.3 is 15.2 Å². The number of benzene rings is 1. The maximum atomic E-state index is 13.5. The third-order valence-electron chi connectivity index (χ3n) is 2.49. The van der Waals surface area contributed by atoms with Gasteiger partial charge in [0, 0.05) is 7.05 Å². The highest BCUT2D eigenvalue weighted by Gasteiger charge is 2.23. The Labute approximate surface area is 111 Å². The first-order valence-corrected chi connectivity index (χ1v) is 5.39. The summed E-state index contributed by atoms with van der Waals surface area (Å²) in [6, 6.07) is 1.75. The highest BCUT2D eigenvalue weighted by Crippen LogP contribution is 2.26. The summed E-state index contributed by atoms with van der Waals surface area (Å²) in [7, 11) is 1.44. The number of aromatic nitrogens is 1. The van der Waals surface area contributed by atoms with Crippen LogP contribution in [0, 0.1) is 15.9 Å². The van der Waals surface area contributed by atoms with E-state index in [1.165, 1.54) is 13.2 Å². The van der Waals surface area contributed by atoms with Crippen LogP contribution in [-0.2, 0) is 0 Å². The molecule has 2 rings (SSSR count). The molecule has 0 aliphatic heterocycles. The maximum absolute atomic E-state index is 13.5. The van der Waals surface area contributed by atoms with E-state index < -0.39 is 22.3 Å². The minimum atomic E-state index is -0.828. The molecule has 0 aliphatic carbocycles. The smallest absolute Gasteiger partial charge is 0.285 e. The van der Waals surface area contributed by atoms with Crippen LogP contribution >= 0.6 is 0 Å². The Morgan fingerprint density at radius 3 is 2.80 bits per heavy atom. The number of carbonyl (C=O) groups excluding carboxylic acids is 1. The Kier molecular flexibility index (Phi) is 3.60. The first-order chi connectivity index (χ1) is 9.52. The van der Waals surface area contributed by atoms with Crippen molar-refractivity contribution >= 4 is 23.0 Å². The van der Waals surface area contributed by atoms with Crippen molar-refractivity contribution in [2.24, 2.45) is 0 Å². The lowest BCUT2D eigenvalue weighted by atomic mass is 10.1. The van der Waals surface area contributed by atoms with Gasteiger partial charge >= 0.3 is 0 Å². The van der Waals surface area contributed by atoms with Gasteiger partial charge in [-0.05, 0) is 6.07 Å². The number of carbonyl (C=O) groups is 1. The highest BCUT2D eigenvalue weighted by atomic mass is 19.1. The normalized spacial score (nSPS) is 10.1. The van der Waals surface area contributed by atoms with Gasteiger partial charge in [-0.25, -0.2) is 4.39 Å². The number of rotatable bonds is 4. The van der Waals surface area contributed by atoms with Gasteiger partial charge in [0.05, 0.1) is 22.9 Å². The molecule has 20 heavy (non-hydrogen) atoms. The minimum Gasteiger partial charge on any atom is -0.386 e. The number of nitro benzene ring substituents is 1. The largest absolute Gasteiger partial charge is 0.386 e. The summed E-state index contributed by atoms with van der Waals surface area (Å²) in [5.41, 5.74) is -0.692. The van der Waals surface area contributed by atoms with Gasteiger partial charge in [-0.15, -0.1) is 0 Å². The van der Waals surface area contributed by atoms with Crippen LogP contribution in [-0.4, -0.2) is 23.0 Å². The molecule has 0 radical (unpaired) electrons. The maximum Gasteiger partial charge on any atom is 0.285 e. The topological polar surface area (TPSA) is 110 Å². The molecule has 0 saturated heterocycles. The van der Waals surface area contributed by atoms with E-state index in [0.29, 0.717) is 6.07 Å². The highest BCUT2D eigenvalue weighted by molar-refractivity contribution is 6.07. The lowest BCUT2D eigenvalue weighted by molar-refractivity contribution is -0.385. The Balaban J connectivity index is 2.42. The lowest BCUT2D eigenvalue weighted by Crippen LogP contribution is -2.14. The third kappa shape index (κ3) is 2.55. The van der Waals surface area contributed by atoms with E-state index in [-0.39, 0.29) is 16.9 Å². The van der Waals surface area contributed by atoms with Crippen LogP contribution in [0.4, 0.5) is 21.5 Å². The average Bonchev–Trinajstić information content (AvgIpc) is 2.90. The second kappa shape index (κ2) is 5.34. The van der Waals surface area contributed by atoms with Crippen molar-refractivity contribution in [3.05, 3.63) is 46.1 Å². The molecule has 0 unspecified atom stereocenters. The van der Waals surface area contributed by atoms with E-state index in [0.717, 1.165) is 12.3 Å². The quantitative estimate of drug-likeness (QED) is 0.654. The molecule has 0 atom stereocenters. The van der Waals surface area contributed by atoms with Crippen molar-refractivity contribution in [2.45, 2.75) is 0 Å². The van der Waals surface area contributed by atoms with Crippen molar-refractivity contribution in [3.8, 4) is 0 Å². The fourth-order valence-corrected chi connectivity index (χ4v) is 1.55. The van der Waals surface area contributed by atoms with Crippen LogP contribution in [0.3, 0.4) is 0 Å². The molecular weight excluding hydrogens is 271 g/mol. The first kappa shape index (κ1) is 13.5. The second-order valence-electron chi connectivity index (χ2n) is 3.72. The Hall–Kier alpha value is -2.97. The van der Waals surface area contributed by atoms with Gasteiger partial charge in [0.15, 0.2) is 5.82 Å². The summed E-state index contributed by atoms with van der Waals surface area (Å²) in [5, 5.41) is 19.1. The molecule has 1 aromatic heterocycles. The molecule has 0 spiro atoms. The fraction of sp³-hybridized carbons (Fsp3) is 0.0909. The van der Waals surface area contributed by atoms with Crippen molar-refractivity contribution < 1.29 is 18.6 Å². The molecule has 9 heteroatoms. The van der Waals surface area contributed by atoms with Crippen LogP contribution in [0.25, 0.3) is 0 Å². The number of nitro groups is 1. The predicted octanol–water partition coefficient (Wildman–Crippen LogP) is 2.02. The van der Waals surface area contributed by atoms with E-state index in [4.69, 9.17) is 0 Å². The Morgan fingerprint density at radius 1 is 1.50 bits per heavy atom. The second-order valence-corrected chi connectivity index (χ2v) is 3.72. The minimum absolute atomic E-state index is 0.0222. The first-order valence-electron chi connectivity index (χ1n) is 5.39. The lowest BCUT2D eigenvalue weighted by Gasteiger charge is -2.07. The number of hydrogen-bond donors (Lipinski definition) is 2. The zero-order valence-electron chi connectivity index (χ0n) is 10.2. The number of amides is 1. The van der Waals surface area contributed by atoms with Gasteiger partial charge in [-0.2, -0.15) is 0 Å². The summed E-state index contributed by atoms with van der Waals surface area (Å²) in [4.78, 5) is 22.0. The molecule has 0 saturated carbocycles. The van der Waals surface area contributed by atoms with Crippen LogP contribution in [0.15, 0.2) is 29.1 Å². The molecule has 0 aliphatic rings. The third-order valence-corrected chi connectivity index (χ3v) is 2.49. The molecule has 1 aromatic carbocycles. The van der Waals surface area contributed by atoms with Gasteiger partial charge in [-0.3, -0.25) is 14.9 Å². The van der Waals surface area contributed by atoms with E-state index in [1.54, 1.807) is 0 Å². The summed E-state index contributed by atoms with van der Waals surface area (Å²) in [6.45, 7) is 0. The molecule has 0 bridgehead atoms. The van der Waals surface area contributed by atoms with E-state index in [1.807, 2.05) is 0 Å². The van der Waals surface area contributed by atoms with Crippen LogP contribution in [0.5, 0.6) is 0 Å². The molecular formula is C11H9FN4O4. The summed E-state index contributed by atoms with van der Waals surface area (Å²) in [5.74, 6) is -1.59. The standard InChI is InChI=1S/C11H9FN4O4/c1-13-9-2-7(10(16(18)19)3-8(9)12)11(17)15-6-4-14-20-5-6/h2-5,13H,1H3,(H,15,17). The predicted molar refractivity (Wildman–Crippen MR) is 67.1 cm³/mol. The molecule has 0 fully saturated rings. The van der Waals surface area contributed by atoms with Gasteiger partial charge in [-0.1, -0.05) is 5.16 Å². The number of halogens is 1. The molecule has 2 N–H and O–H groups in total. The van der Waals surface area contributed by atoms with Crippen molar-refractivity contribution in [3.63, 3.8) is 0 Å². The zero-order chi connectivity index (χ0) is 14.7. The molecule has 1 heterocycles. The molecule has 1 amide bonds. The fourth-order valence-electron chi connectivity index (χ4n) is 1.55. The van der Waals surface area contributed by atoms with E-state index >= 15 is 0 Å². The Bertz CT molecular complexity index is 657. The summed E-state index contributed by atoms with van der Waals surface area (Å²) >= 11 is 0. The average molecular weight is 280 g/mol. The molecule has 104 valence electrons.